The fourth-order valence-electron chi connectivity index (χ4n) is 3.60. The number of benzene rings is 1. The second kappa shape index (κ2) is 5.61. The van der Waals surface area contributed by atoms with Gasteiger partial charge in [-0.2, -0.15) is 0 Å². The molecule has 0 amide bonds. The van der Waals surface area contributed by atoms with Gasteiger partial charge < -0.3 is 10.4 Å². The van der Waals surface area contributed by atoms with Gasteiger partial charge in [-0.15, -0.1) is 0 Å². The predicted octanol–water partition coefficient (Wildman–Crippen LogP) is 1.62. The Morgan fingerprint density at radius 2 is 2.16 bits per heavy atom. The summed E-state index contributed by atoms with van der Waals surface area (Å²) in [5.74, 6) is 0. The molecule has 0 bridgehead atoms. The van der Waals surface area contributed by atoms with Crippen LogP contribution in [-0.2, 0) is 6.54 Å². The molecule has 0 aromatic heterocycles. The molecule has 2 saturated heterocycles. The van der Waals surface area contributed by atoms with Crippen molar-refractivity contribution in [3.8, 4) is 0 Å². The van der Waals surface area contributed by atoms with E-state index >= 15 is 0 Å². The Morgan fingerprint density at radius 3 is 2.89 bits per heavy atom. The molecule has 3 nitrogen and oxygen atoms in total. The van der Waals surface area contributed by atoms with Crippen molar-refractivity contribution >= 4 is 0 Å². The van der Waals surface area contributed by atoms with E-state index in [9.17, 15) is 5.11 Å². The van der Waals surface area contributed by atoms with Gasteiger partial charge in [0.05, 0.1) is 6.10 Å². The highest BCUT2D eigenvalue weighted by molar-refractivity contribution is 5.14. The topological polar surface area (TPSA) is 35.5 Å². The number of nitrogens with one attached hydrogen (secondary N) is 1. The quantitative estimate of drug-likeness (QED) is 0.848. The molecule has 2 unspecified atom stereocenters. The molecule has 1 aromatic carbocycles. The summed E-state index contributed by atoms with van der Waals surface area (Å²) in [5.41, 5.74) is 1.46. The highest BCUT2D eigenvalue weighted by atomic mass is 16.3. The van der Waals surface area contributed by atoms with Crippen molar-refractivity contribution in [1.29, 1.82) is 0 Å². The van der Waals surface area contributed by atoms with Crippen LogP contribution in [0.5, 0.6) is 0 Å². The van der Waals surface area contributed by atoms with Gasteiger partial charge in [0.1, 0.15) is 0 Å². The van der Waals surface area contributed by atoms with Crippen LogP contribution in [0.3, 0.4) is 0 Å². The van der Waals surface area contributed by atoms with Crippen LogP contribution in [0.15, 0.2) is 30.3 Å². The summed E-state index contributed by atoms with van der Waals surface area (Å²) in [7, 11) is 0. The number of hydrogen-bond acceptors (Lipinski definition) is 3. The van der Waals surface area contributed by atoms with Crippen LogP contribution in [0.2, 0.25) is 0 Å². The summed E-state index contributed by atoms with van der Waals surface area (Å²) in [6.07, 6.45) is 3.03. The van der Waals surface area contributed by atoms with Crippen molar-refractivity contribution in [2.24, 2.45) is 5.41 Å². The molecule has 2 aliphatic rings. The third-order valence-corrected chi connectivity index (χ3v) is 4.72. The van der Waals surface area contributed by atoms with E-state index in [1.54, 1.807) is 0 Å². The molecule has 0 saturated carbocycles. The van der Waals surface area contributed by atoms with Gasteiger partial charge in [0.15, 0.2) is 0 Å². The first-order valence-corrected chi connectivity index (χ1v) is 7.44. The van der Waals surface area contributed by atoms with Crippen molar-refractivity contribution in [2.45, 2.75) is 31.9 Å². The van der Waals surface area contributed by atoms with Crippen molar-refractivity contribution in [3.05, 3.63) is 35.9 Å². The average molecular weight is 260 g/mol. The van der Waals surface area contributed by atoms with Crippen LogP contribution in [0, 0.1) is 5.41 Å². The van der Waals surface area contributed by atoms with Crippen molar-refractivity contribution in [3.63, 3.8) is 0 Å². The highest BCUT2D eigenvalue weighted by Gasteiger charge is 2.43. The molecular weight excluding hydrogens is 236 g/mol. The first-order valence-electron chi connectivity index (χ1n) is 7.44. The zero-order valence-corrected chi connectivity index (χ0v) is 11.5. The summed E-state index contributed by atoms with van der Waals surface area (Å²) in [5, 5.41) is 13.9. The third kappa shape index (κ3) is 2.83. The molecule has 0 aliphatic carbocycles. The standard InChI is InChI=1S/C16H24N2O/c19-15-7-4-10-18(11-14-5-2-1-3-6-14)13-16(15)8-9-17-12-16/h1-3,5-6,15,17,19H,4,7-13H2. The highest BCUT2D eigenvalue weighted by Crippen LogP contribution is 2.35. The summed E-state index contributed by atoms with van der Waals surface area (Å²) in [6.45, 7) is 5.16. The van der Waals surface area contributed by atoms with Gasteiger partial charge in [-0.1, -0.05) is 30.3 Å². The smallest absolute Gasteiger partial charge is 0.0621 e. The van der Waals surface area contributed by atoms with Gasteiger partial charge >= 0.3 is 0 Å². The van der Waals surface area contributed by atoms with Crippen molar-refractivity contribution in [1.82, 2.24) is 10.2 Å². The van der Waals surface area contributed by atoms with E-state index in [1.165, 1.54) is 5.56 Å². The van der Waals surface area contributed by atoms with Crippen LogP contribution in [-0.4, -0.2) is 42.3 Å². The predicted molar refractivity (Wildman–Crippen MR) is 76.9 cm³/mol. The van der Waals surface area contributed by atoms with Crippen LogP contribution in [0.1, 0.15) is 24.8 Å². The molecule has 3 heteroatoms. The van der Waals surface area contributed by atoms with E-state index in [1.807, 2.05) is 0 Å². The van der Waals surface area contributed by atoms with E-state index in [4.69, 9.17) is 0 Å². The molecule has 1 aromatic rings. The third-order valence-electron chi connectivity index (χ3n) is 4.72. The lowest BCUT2D eigenvalue weighted by atomic mass is 9.80. The second-order valence-corrected chi connectivity index (χ2v) is 6.14. The second-order valence-electron chi connectivity index (χ2n) is 6.14. The van der Waals surface area contributed by atoms with E-state index in [-0.39, 0.29) is 11.5 Å². The SMILES string of the molecule is OC1CCCN(Cc2ccccc2)CC12CCNC2. The van der Waals surface area contributed by atoms with E-state index in [0.29, 0.717) is 0 Å². The van der Waals surface area contributed by atoms with Crippen LogP contribution in [0.25, 0.3) is 0 Å². The van der Waals surface area contributed by atoms with Crippen molar-refractivity contribution in [2.75, 3.05) is 26.2 Å². The minimum atomic E-state index is -0.136. The first kappa shape index (κ1) is 13.1. The fraction of sp³-hybridized carbons (Fsp3) is 0.625. The molecule has 1 spiro atoms. The summed E-state index contributed by atoms with van der Waals surface area (Å²) >= 11 is 0. The maximum Gasteiger partial charge on any atom is 0.0621 e. The van der Waals surface area contributed by atoms with Crippen molar-refractivity contribution < 1.29 is 5.11 Å². The van der Waals surface area contributed by atoms with E-state index in [2.05, 4.69) is 40.5 Å². The first-order chi connectivity index (χ1) is 9.28. The average Bonchev–Trinajstić information content (AvgIpc) is 2.83. The molecule has 2 heterocycles. The lowest BCUT2D eigenvalue weighted by Crippen LogP contribution is -2.44. The minimum Gasteiger partial charge on any atom is -0.392 e. The molecule has 2 N–H and O–H groups in total. The van der Waals surface area contributed by atoms with E-state index < -0.39 is 0 Å². The largest absolute Gasteiger partial charge is 0.392 e. The normalized spacial score (nSPS) is 32.6. The van der Waals surface area contributed by atoms with Gasteiger partial charge in [0.2, 0.25) is 0 Å². The molecule has 19 heavy (non-hydrogen) atoms. The van der Waals surface area contributed by atoms with Gasteiger partial charge in [-0.25, -0.2) is 0 Å². The number of nitrogens with zero attached hydrogens (tertiary/aromatic N) is 1. The lowest BCUT2D eigenvalue weighted by Gasteiger charge is -2.35. The zero-order chi connectivity index (χ0) is 13.1. The Morgan fingerprint density at radius 1 is 1.32 bits per heavy atom. The fourth-order valence-corrected chi connectivity index (χ4v) is 3.60. The van der Waals surface area contributed by atoms with Gasteiger partial charge in [0.25, 0.3) is 0 Å². The Bertz CT molecular complexity index is 400. The Kier molecular flexibility index (Phi) is 3.87. The van der Waals surface area contributed by atoms with Crippen LogP contribution in [0.4, 0.5) is 0 Å². The number of aliphatic hydroxyl groups excluding tert-OH is 1. The molecular formula is C16H24N2O. The number of likely N-dealkylation sites (tertiary alicyclic amines) is 1. The molecule has 0 radical (unpaired) electrons. The maximum atomic E-state index is 10.5. The minimum absolute atomic E-state index is 0.0886. The van der Waals surface area contributed by atoms with Crippen LogP contribution >= 0.6 is 0 Å². The Hall–Kier alpha value is -0.900. The number of aliphatic hydroxyl groups is 1. The van der Waals surface area contributed by atoms with Gasteiger partial charge in [-0.05, 0) is 37.9 Å². The molecule has 2 aliphatic heterocycles. The molecule has 2 fully saturated rings. The Balaban J connectivity index is 1.72. The summed E-state index contributed by atoms with van der Waals surface area (Å²) < 4.78 is 0. The Labute approximate surface area is 115 Å². The molecule has 104 valence electrons. The lowest BCUT2D eigenvalue weighted by molar-refractivity contribution is 0.0223. The molecule has 2 atom stereocenters. The maximum absolute atomic E-state index is 10.5. The number of hydrogen-bond donors (Lipinski definition) is 2. The monoisotopic (exact) mass is 260 g/mol. The van der Waals surface area contributed by atoms with Gasteiger partial charge in [0, 0.05) is 25.0 Å². The van der Waals surface area contributed by atoms with E-state index in [0.717, 1.165) is 52.0 Å². The summed E-state index contributed by atoms with van der Waals surface area (Å²) in [4.78, 5) is 2.53. The zero-order valence-electron chi connectivity index (χ0n) is 11.5. The van der Waals surface area contributed by atoms with Gasteiger partial charge in [-0.3, -0.25) is 4.90 Å². The molecule has 3 rings (SSSR count). The number of rotatable bonds is 2. The summed E-state index contributed by atoms with van der Waals surface area (Å²) in [6, 6.07) is 10.7. The van der Waals surface area contributed by atoms with Crippen LogP contribution < -0.4 is 5.32 Å².